The maximum Gasteiger partial charge on any atom is 0.264 e. The molecule has 3 rings (SSSR count). The van der Waals surface area contributed by atoms with Crippen molar-refractivity contribution in [3.05, 3.63) is 56.6 Å². The fourth-order valence-corrected chi connectivity index (χ4v) is 3.58. The summed E-state index contributed by atoms with van der Waals surface area (Å²) in [7, 11) is 0. The second-order valence-electron chi connectivity index (χ2n) is 8.52. The number of carbonyl (C=O) groups is 1. The van der Waals surface area contributed by atoms with Crippen molar-refractivity contribution >= 4 is 28.8 Å². The van der Waals surface area contributed by atoms with Crippen LogP contribution in [0.2, 0.25) is 5.02 Å². The highest BCUT2D eigenvalue weighted by Crippen LogP contribution is 2.26. The van der Waals surface area contributed by atoms with E-state index in [1.807, 2.05) is 34.6 Å². The summed E-state index contributed by atoms with van der Waals surface area (Å²) in [5.41, 5.74) is -0.425. The highest BCUT2D eigenvalue weighted by atomic mass is 35.5. The fourth-order valence-electron chi connectivity index (χ4n) is 2.58. The summed E-state index contributed by atoms with van der Waals surface area (Å²) in [6.07, 6.45) is 0. The normalized spacial score (nSPS) is 12.1. The summed E-state index contributed by atoms with van der Waals surface area (Å²) in [4.78, 5) is 22.3. The Morgan fingerprint density at radius 1 is 1.17 bits per heavy atom. The molecule has 30 heavy (non-hydrogen) atoms. The number of thiazole rings is 1. The molecule has 160 valence electrons. The van der Waals surface area contributed by atoms with Crippen LogP contribution in [-0.4, -0.2) is 21.0 Å². The Morgan fingerprint density at radius 2 is 1.83 bits per heavy atom. The smallest absolute Gasteiger partial charge is 0.264 e. The zero-order chi connectivity index (χ0) is 22.1. The van der Waals surface area contributed by atoms with E-state index in [-0.39, 0.29) is 17.9 Å². The molecule has 0 saturated carbocycles. The topological polar surface area (TPSA) is 90.1 Å². The van der Waals surface area contributed by atoms with Crippen molar-refractivity contribution in [2.24, 2.45) is 0 Å². The van der Waals surface area contributed by atoms with E-state index in [9.17, 15) is 4.79 Å². The van der Waals surface area contributed by atoms with Crippen LogP contribution >= 0.6 is 22.9 Å². The zero-order valence-electron chi connectivity index (χ0n) is 17.9. The highest BCUT2D eigenvalue weighted by molar-refractivity contribution is 7.13. The molecule has 2 heterocycles. The molecule has 0 spiro atoms. The number of halogens is 1. The summed E-state index contributed by atoms with van der Waals surface area (Å²) in [6.45, 7) is 11.7. The van der Waals surface area contributed by atoms with Crippen molar-refractivity contribution in [2.45, 2.75) is 59.1 Å². The van der Waals surface area contributed by atoms with Crippen molar-refractivity contribution < 1.29 is 14.1 Å². The lowest BCUT2D eigenvalue weighted by molar-refractivity contribution is 0.0911. The number of amides is 1. The number of hydrogen-bond acceptors (Lipinski definition) is 7. The van der Waals surface area contributed by atoms with Gasteiger partial charge in [-0.3, -0.25) is 4.79 Å². The summed E-state index contributed by atoms with van der Waals surface area (Å²) in [5, 5.41) is 8.39. The van der Waals surface area contributed by atoms with Gasteiger partial charge in [0.25, 0.3) is 5.91 Å². The summed E-state index contributed by atoms with van der Waals surface area (Å²) < 4.78 is 11.1. The Balaban J connectivity index is 1.69. The van der Waals surface area contributed by atoms with Gasteiger partial charge in [-0.05, 0) is 45.0 Å². The zero-order valence-corrected chi connectivity index (χ0v) is 19.4. The number of ether oxygens (including phenoxy) is 1. The minimum atomic E-state index is -0.805. The van der Waals surface area contributed by atoms with Crippen LogP contribution in [0.3, 0.4) is 0 Å². The lowest BCUT2D eigenvalue weighted by Gasteiger charge is -2.22. The highest BCUT2D eigenvalue weighted by Gasteiger charge is 2.32. The molecular formula is C21H25ClN4O3S. The lowest BCUT2D eigenvalue weighted by atomic mass is 9.97. The first kappa shape index (κ1) is 22.2. The summed E-state index contributed by atoms with van der Waals surface area (Å²) >= 11 is 7.18. The van der Waals surface area contributed by atoms with Crippen molar-refractivity contribution in [1.82, 2.24) is 20.4 Å². The Labute approximate surface area is 184 Å². The van der Waals surface area contributed by atoms with Gasteiger partial charge < -0.3 is 14.6 Å². The first-order chi connectivity index (χ1) is 14.0. The van der Waals surface area contributed by atoms with Gasteiger partial charge in [-0.2, -0.15) is 4.98 Å². The first-order valence-corrected chi connectivity index (χ1v) is 10.7. The maximum atomic E-state index is 12.9. The second-order valence-corrected chi connectivity index (χ2v) is 10.0. The molecule has 1 amide bonds. The van der Waals surface area contributed by atoms with Crippen molar-refractivity contribution in [3.63, 3.8) is 0 Å². The van der Waals surface area contributed by atoms with Crippen LogP contribution in [0, 0.1) is 6.92 Å². The Morgan fingerprint density at radius 3 is 2.43 bits per heavy atom. The quantitative estimate of drug-likeness (QED) is 0.568. The van der Waals surface area contributed by atoms with Gasteiger partial charge in [0, 0.05) is 10.4 Å². The maximum absolute atomic E-state index is 12.9. The Bertz CT molecular complexity index is 1040. The molecule has 9 heteroatoms. The van der Waals surface area contributed by atoms with Crippen LogP contribution in [-0.2, 0) is 17.6 Å². The van der Waals surface area contributed by atoms with E-state index in [1.165, 1.54) is 11.3 Å². The van der Waals surface area contributed by atoms with Crippen molar-refractivity contribution in [3.8, 4) is 5.75 Å². The van der Waals surface area contributed by atoms with E-state index in [0.717, 1.165) is 0 Å². The number of rotatable bonds is 6. The molecule has 7 nitrogen and oxygen atoms in total. The molecule has 0 aliphatic heterocycles. The van der Waals surface area contributed by atoms with E-state index in [1.54, 1.807) is 31.2 Å². The van der Waals surface area contributed by atoms with E-state index >= 15 is 0 Å². The monoisotopic (exact) mass is 448 g/mol. The summed E-state index contributed by atoms with van der Waals surface area (Å²) in [5.74, 6) is 1.39. The number of hydrogen-bond donors (Lipinski definition) is 1. The van der Waals surface area contributed by atoms with Crippen LogP contribution in [0.25, 0.3) is 0 Å². The van der Waals surface area contributed by atoms with Gasteiger partial charge in [0.2, 0.25) is 5.89 Å². The third-order valence-electron chi connectivity index (χ3n) is 4.28. The van der Waals surface area contributed by atoms with Crippen LogP contribution in [0.5, 0.6) is 5.75 Å². The van der Waals surface area contributed by atoms with Gasteiger partial charge in [-0.1, -0.05) is 37.5 Å². The van der Waals surface area contributed by atoms with Gasteiger partial charge in [0.15, 0.2) is 5.82 Å². The van der Waals surface area contributed by atoms with Gasteiger partial charge >= 0.3 is 0 Å². The third kappa shape index (κ3) is 5.17. The number of aryl methyl sites for hydroxylation is 1. The van der Waals surface area contributed by atoms with Crippen molar-refractivity contribution in [2.75, 3.05) is 0 Å². The molecule has 0 saturated heterocycles. The third-order valence-corrected chi connectivity index (χ3v) is 5.66. The molecule has 0 bridgehead atoms. The SMILES string of the molecule is Cc1nc(COc2ccc(Cl)cc2)sc1C(=O)NC(C)(C)c1noc(C(C)(C)C)n1. The minimum Gasteiger partial charge on any atom is -0.486 e. The first-order valence-electron chi connectivity index (χ1n) is 9.47. The van der Waals surface area contributed by atoms with E-state index in [2.05, 4.69) is 20.4 Å². The van der Waals surface area contributed by atoms with Gasteiger partial charge in [-0.25, -0.2) is 4.98 Å². The van der Waals surface area contributed by atoms with E-state index < -0.39 is 5.54 Å². The average Bonchev–Trinajstić information content (AvgIpc) is 3.28. The largest absolute Gasteiger partial charge is 0.486 e. The number of benzene rings is 1. The average molecular weight is 449 g/mol. The predicted octanol–water partition coefficient (Wildman–Crippen LogP) is 5.03. The number of nitrogens with one attached hydrogen (secondary N) is 1. The molecule has 0 fully saturated rings. The second kappa shape index (κ2) is 8.35. The van der Waals surface area contributed by atoms with Gasteiger partial charge in [-0.15, -0.1) is 11.3 Å². The van der Waals surface area contributed by atoms with Gasteiger partial charge in [0.05, 0.1) is 11.2 Å². The number of carbonyl (C=O) groups excluding carboxylic acids is 1. The van der Waals surface area contributed by atoms with Crippen molar-refractivity contribution in [1.29, 1.82) is 0 Å². The number of nitrogens with zero attached hydrogens (tertiary/aromatic N) is 3. The van der Waals surface area contributed by atoms with Gasteiger partial charge in [0.1, 0.15) is 22.2 Å². The Kier molecular flexibility index (Phi) is 6.19. The van der Waals surface area contributed by atoms with E-state index in [4.69, 9.17) is 20.9 Å². The number of aromatic nitrogens is 3. The van der Waals surface area contributed by atoms with Crippen LogP contribution in [0.1, 0.15) is 66.7 Å². The standard InChI is InChI=1S/C21H25ClN4O3S/c1-12-16(30-15(23-12)11-28-14-9-7-13(22)8-10-14)17(27)25-21(5,6)18-24-19(29-26-18)20(2,3)4/h7-10H,11H2,1-6H3,(H,25,27). The Hall–Kier alpha value is -2.45. The molecule has 0 aliphatic carbocycles. The molecular weight excluding hydrogens is 424 g/mol. The molecule has 1 aromatic carbocycles. The summed E-state index contributed by atoms with van der Waals surface area (Å²) in [6, 6.07) is 7.09. The molecule has 3 aromatic rings. The molecule has 1 N–H and O–H groups in total. The molecule has 2 aromatic heterocycles. The lowest BCUT2D eigenvalue weighted by Crippen LogP contribution is -2.41. The van der Waals surface area contributed by atoms with E-state index in [0.29, 0.717) is 38.1 Å². The molecule has 0 aliphatic rings. The molecule has 0 unspecified atom stereocenters. The van der Waals surface area contributed by atoms with Crippen LogP contribution in [0.4, 0.5) is 0 Å². The molecule has 0 radical (unpaired) electrons. The fraction of sp³-hybridized carbons (Fsp3) is 0.429. The molecule has 0 atom stereocenters. The van der Waals surface area contributed by atoms with Crippen LogP contribution in [0.15, 0.2) is 28.8 Å². The predicted molar refractivity (Wildman–Crippen MR) is 116 cm³/mol. The van der Waals surface area contributed by atoms with Crippen LogP contribution < -0.4 is 10.1 Å². The minimum absolute atomic E-state index is 0.241.